The minimum absolute atomic E-state index is 0.225. The van der Waals surface area contributed by atoms with E-state index in [1.807, 2.05) is 0 Å². The summed E-state index contributed by atoms with van der Waals surface area (Å²) in [7, 11) is -13.9. The van der Waals surface area contributed by atoms with Crippen LogP contribution in [0.2, 0.25) is 0 Å². The van der Waals surface area contributed by atoms with E-state index in [9.17, 15) is 25.3 Å². The van der Waals surface area contributed by atoms with E-state index in [0.717, 1.165) is 12.1 Å². The minimum atomic E-state index is -4.84. The topological polar surface area (TPSA) is 163 Å². The molecule has 0 heterocycles. The van der Waals surface area contributed by atoms with Gasteiger partial charge in [-0.2, -0.15) is 25.3 Å². The van der Waals surface area contributed by atoms with Crippen LogP contribution >= 0.6 is 0 Å². The number of aryl methyl sites for hydroxylation is 1. The molecule has 1 aromatic rings. The van der Waals surface area contributed by atoms with Gasteiger partial charge in [0.1, 0.15) is 0 Å². The van der Waals surface area contributed by atoms with Crippen molar-refractivity contribution in [1.29, 1.82) is 0 Å². The third-order valence-corrected chi connectivity index (χ3v) is 4.75. The van der Waals surface area contributed by atoms with Crippen LogP contribution < -0.4 is 0 Å². The molecule has 1 rings (SSSR count). The molecule has 0 atom stereocenters. The normalized spacial score (nSPS) is 13.3. The lowest BCUT2D eigenvalue weighted by molar-refractivity contribution is 0.475. The van der Waals surface area contributed by atoms with Crippen molar-refractivity contribution in [3.63, 3.8) is 0 Å². The fourth-order valence-corrected chi connectivity index (χ4v) is 3.22. The summed E-state index contributed by atoms with van der Waals surface area (Å²) in [6.07, 6.45) is -0.473. The molecule has 0 aliphatic carbocycles. The summed E-state index contributed by atoms with van der Waals surface area (Å²) in [6, 6.07) is 2.24. The Bertz CT molecular complexity index is 818. The molecule has 0 fully saturated rings. The summed E-state index contributed by atoms with van der Waals surface area (Å²) in [5, 5.41) is 0. The monoisotopic (exact) mass is 346 g/mol. The molecule has 1 aromatic carbocycles. The van der Waals surface area contributed by atoms with Crippen molar-refractivity contribution in [1.82, 2.24) is 0 Å². The highest BCUT2D eigenvalue weighted by Crippen LogP contribution is 2.21. The van der Waals surface area contributed by atoms with Gasteiger partial charge in [-0.05, 0) is 24.1 Å². The van der Waals surface area contributed by atoms with E-state index in [2.05, 4.69) is 0 Å². The van der Waals surface area contributed by atoms with E-state index in [1.54, 1.807) is 0 Å². The fraction of sp³-hybridized carbons (Fsp3) is 0.250. The molecule has 0 spiro atoms. The Morgan fingerprint density at radius 2 is 1.40 bits per heavy atom. The van der Waals surface area contributed by atoms with Gasteiger partial charge >= 0.3 is 0 Å². The molecule has 0 unspecified atom stereocenters. The molecule has 0 radical (unpaired) electrons. The van der Waals surface area contributed by atoms with Crippen molar-refractivity contribution < 1.29 is 38.9 Å². The molecule has 0 aromatic heterocycles. The zero-order valence-corrected chi connectivity index (χ0v) is 12.1. The molecule has 0 amide bonds. The van der Waals surface area contributed by atoms with Crippen LogP contribution in [0.1, 0.15) is 5.56 Å². The van der Waals surface area contributed by atoms with Crippen molar-refractivity contribution in [3.05, 3.63) is 23.8 Å². The smallest absolute Gasteiger partial charge is 0.286 e. The average Bonchev–Trinajstić information content (AvgIpc) is 2.22. The van der Waals surface area contributed by atoms with Crippen molar-refractivity contribution in [2.75, 3.05) is 5.75 Å². The molecule has 3 N–H and O–H groups in total. The van der Waals surface area contributed by atoms with E-state index < -0.39 is 52.3 Å². The summed E-state index contributed by atoms with van der Waals surface area (Å²) >= 11 is 0. The largest absolute Gasteiger partial charge is 0.294 e. The maximum Gasteiger partial charge on any atom is 0.294 e. The van der Waals surface area contributed by atoms with Crippen molar-refractivity contribution >= 4 is 30.4 Å². The zero-order valence-electron chi connectivity index (χ0n) is 9.66. The number of hydrogen-bond donors (Lipinski definition) is 3. The number of hydrogen-bond acceptors (Lipinski definition) is 6. The second-order valence-electron chi connectivity index (χ2n) is 3.76. The van der Waals surface area contributed by atoms with Gasteiger partial charge in [-0.1, -0.05) is 6.07 Å². The Kier molecular flexibility index (Phi) is 4.58. The van der Waals surface area contributed by atoms with Crippen LogP contribution in [0.4, 0.5) is 0 Å². The maximum absolute atomic E-state index is 11.1. The molecule has 0 saturated carbocycles. The molecule has 12 heteroatoms. The fourth-order valence-electron chi connectivity index (χ4n) is 1.38. The maximum atomic E-state index is 11.1. The molecule has 9 nitrogen and oxygen atoms in total. The van der Waals surface area contributed by atoms with Crippen LogP contribution in [-0.4, -0.2) is 44.7 Å². The predicted molar refractivity (Wildman–Crippen MR) is 66.2 cm³/mol. The van der Waals surface area contributed by atoms with Gasteiger partial charge in [0.05, 0.1) is 15.5 Å². The molecular formula is C8H10O9S3. The second kappa shape index (κ2) is 5.38. The van der Waals surface area contributed by atoms with E-state index in [4.69, 9.17) is 13.7 Å². The first-order valence-electron chi connectivity index (χ1n) is 4.84. The third-order valence-electron chi connectivity index (χ3n) is 2.24. The first-order valence-corrected chi connectivity index (χ1v) is 9.33. The molecule has 0 aliphatic heterocycles. The quantitative estimate of drug-likeness (QED) is 0.602. The summed E-state index contributed by atoms with van der Waals surface area (Å²) < 4.78 is 91.6. The van der Waals surface area contributed by atoms with Crippen LogP contribution in [0.3, 0.4) is 0 Å². The van der Waals surface area contributed by atoms with Gasteiger partial charge < -0.3 is 0 Å². The summed E-state index contributed by atoms with van der Waals surface area (Å²) in [6.45, 7) is 0. The SMILES string of the molecule is O=S(=O)(O)CCc1ccc(S(=O)(=O)O)cc1S(=O)(=O)O. The van der Waals surface area contributed by atoms with Gasteiger partial charge in [0, 0.05) is 0 Å². The Morgan fingerprint density at radius 3 is 1.80 bits per heavy atom. The van der Waals surface area contributed by atoms with Gasteiger partial charge in [0.15, 0.2) is 0 Å². The highest BCUT2D eigenvalue weighted by atomic mass is 32.2. The Labute approximate surface area is 115 Å². The Morgan fingerprint density at radius 1 is 0.850 bits per heavy atom. The number of rotatable bonds is 5. The van der Waals surface area contributed by atoms with Crippen LogP contribution in [-0.2, 0) is 36.8 Å². The second-order valence-corrected chi connectivity index (χ2v) is 8.14. The lowest BCUT2D eigenvalue weighted by atomic mass is 10.2. The summed E-state index contributed by atoms with van der Waals surface area (Å²) in [4.78, 5) is -1.64. The Balaban J connectivity index is 3.40. The van der Waals surface area contributed by atoms with Gasteiger partial charge in [-0.3, -0.25) is 13.7 Å². The lowest BCUT2D eigenvalue weighted by Gasteiger charge is -2.08. The van der Waals surface area contributed by atoms with Gasteiger partial charge in [0.25, 0.3) is 30.4 Å². The summed E-state index contributed by atoms with van der Waals surface area (Å²) in [5.41, 5.74) is -0.225. The molecule has 114 valence electrons. The van der Waals surface area contributed by atoms with E-state index in [-0.39, 0.29) is 5.56 Å². The minimum Gasteiger partial charge on any atom is -0.286 e. The summed E-state index contributed by atoms with van der Waals surface area (Å²) in [5.74, 6) is -0.819. The van der Waals surface area contributed by atoms with E-state index >= 15 is 0 Å². The predicted octanol–water partition coefficient (Wildman–Crippen LogP) is -0.390. The van der Waals surface area contributed by atoms with Crippen LogP contribution in [0, 0.1) is 0 Å². The molecular weight excluding hydrogens is 336 g/mol. The standard InChI is InChI=1S/C8H10O9S3/c9-18(10,11)4-3-6-1-2-7(19(12,13)14)5-8(6)20(15,16)17/h1-2,5H,3-4H2,(H,9,10,11)(H,12,13,14)(H,15,16,17). The van der Waals surface area contributed by atoms with Crippen LogP contribution in [0.25, 0.3) is 0 Å². The first kappa shape index (κ1) is 17.0. The molecule has 20 heavy (non-hydrogen) atoms. The Hall–Kier alpha value is -1.05. The third kappa shape index (κ3) is 4.81. The van der Waals surface area contributed by atoms with Crippen molar-refractivity contribution in [2.24, 2.45) is 0 Å². The van der Waals surface area contributed by atoms with E-state index in [1.165, 1.54) is 0 Å². The number of benzene rings is 1. The van der Waals surface area contributed by atoms with Gasteiger partial charge in [-0.15, -0.1) is 0 Å². The van der Waals surface area contributed by atoms with Crippen LogP contribution in [0.5, 0.6) is 0 Å². The highest BCUT2D eigenvalue weighted by Gasteiger charge is 2.21. The first-order chi connectivity index (χ1) is 8.81. The van der Waals surface area contributed by atoms with E-state index in [0.29, 0.717) is 6.07 Å². The highest BCUT2D eigenvalue weighted by molar-refractivity contribution is 7.86. The molecule has 0 bridgehead atoms. The zero-order chi connectivity index (χ0) is 15.8. The van der Waals surface area contributed by atoms with Gasteiger partial charge in [0.2, 0.25) is 0 Å². The van der Waals surface area contributed by atoms with Crippen molar-refractivity contribution in [2.45, 2.75) is 16.2 Å². The molecule has 0 saturated heterocycles. The lowest BCUT2D eigenvalue weighted by Crippen LogP contribution is -2.11. The van der Waals surface area contributed by atoms with Crippen molar-refractivity contribution in [3.8, 4) is 0 Å². The van der Waals surface area contributed by atoms with Gasteiger partial charge in [-0.25, -0.2) is 0 Å². The van der Waals surface area contributed by atoms with Crippen LogP contribution in [0.15, 0.2) is 28.0 Å². The average molecular weight is 346 g/mol. The molecule has 0 aliphatic rings.